The fourth-order valence-corrected chi connectivity index (χ4v) is 4.53. The van der Waals surface area contributed by atoms with Gasteiger partial charge in [0.15, 0.2) is 0 Å². The highest BCUT2D eigenvalue weighted by atomic mass is 79.9. The van der Waals surface area contributed by atoms with E-state index in [1.54, 1.807) is 14.0 Å². The van der Waals surface area contributed by atoms with E-state index >= 15 is 0 Å². The summed E-state index contributed by atoms with van der Waals surface area (Å²) in [6.07, 6.45) is 5.72. The molecule has 23 heavy (non-hydrogen) atoms. The third-order valence-electron chi connectivity index (χ3n) is 5.34. The second kappa shape index (κ2) is 6.66. The molecule has 0 bridgehead atoms. The fraction of sp³-hybridized carbons (Fsp3) is 0.556. The van der Waals surface area contributed by atoms with E-state index in [9.17, 15) is 0 Å². The van der Waals surface area contributed by atoms with Crippen molar-refractivity contribution in [2.45, 2.75) is 51.2 Å². The lowest BCUT2D eigenvalue weighted by Gasteiger charge is -2.40. The van der Waals surface area contributed by atoms with Crippen LogP contribution in [0.2, 0.25) is 0 Å². The number of halogens is 2. The highest BCUT2D eigenvalue weighted by molar-refractivity contribution is 9.10. The van der Waals surface area contributed by atoms with E-state index in [1.807, 2.05) is 0 Å². The van der Waals surface area contributed by atoms with Crippen molar-refractivity contribution in [2.24, 2.45) is 10.4 Å². The van der Waals surface area contributed by atoms with Crippen LogP contribution in [0.3, 0.4) is 0 Å². The van der Waals surface area contributed by atoms with Crippen LogP contribution in [-0.4, -0.2) is 24.1 Å². The summed E-state index contributed by atoms with van der Waals surface area (Å²) in [6, 6.07) is 6.51. The van der Waals surface area contributed by atoms with Gasteiger partial charge in [-0.05, 0) is 62.3 Å². The first kappa shape index (κ1) is 17.1. The Balaban J connectivity index is 2.00. The Kier molecular flexibility index (Phi) is 4.96. The van der Waals surface area contributed by atoms with Crippen LogP contribution in [0.25, 0.3) is 0 Å². The van der Waals surface area contributed by atoms with Gasteiger partial charge in [-0.25, -0.2) is 0 Å². The van der Waals surface area contributed by atoms with Gasteiger partial charge in [-0.1, -0.05) is 33.6 Å². The molecule has 1 atom stereocenters. The fourth-order valence-electron chi connectivity index (χ4n) is 4.06. The largest absolute Gasteiger partial charge is 0.381 e. The van der Waals surface area contributed by atoms with Crippen molar-refractivity contribution in [2.75, 3.05) is 7.11 Å². The summed E-state index contributed by atoms with van der Waals surface area (Å²) in [5.74, 6) is 0. The summed E-state index contributed by atoms with van der Waals surface area (Å²) >= 11 is 9.83. The highest BCUT2D eigenvalue weighted by Gasteiger charge is 2.48. The summed E-state index contributed by atoms with van der Waals surface area (Å²) in [6.45, 7) is 1.69. The van der Waals surface area contributed by atoms with E-state index in [1.165, 1.54) is 11.1 Å². The van der Waals surface area contributed by atoms with E-state index in [0.717, 1.165) is 36.6 Å². The van der Waals surface area contributed by atoms with Crippen LogP contribution in [0, 0.1) is 10.8 Å². The second-order valence-corrected chi connectivity index (χ2v) is 8.04. The van der Waals surface area contributed by atoms with E-state index in [-0.39, 0.29) is 11.5 Å². The molecule has 3 rings (SSSR count). The molecule has 1 spiro atoms. The second-order valence-electron chi connectivity index (χ2n) is 6.76. The SMILES string of the molecule is COC1CCC2(CC1)Cc1ccc(Br)cc1[C@H]2N=C(Cl)C(C)=N. The van der Waals surface area contributed by atoms with Gasteiger partial charge in [-0.2, -0.15) is 0 Å². The summed E-state index contributed by atoms with van der Waals surface area (Å²) < 4.78 is 6.61. The maximum absolute atomic E-state index is 7.76. The maximum atomic E-state index is 7.76. The van der Waals surface area contributed by atoms with Crippen molar-refractivity contribution in [1.82, 2.24) is 0 Å². The zero-order valence-electron chi connectivity index (χ0n) is 13.5. The Morgan fingerprint density at radius 1 is 1.39 bits per heavy atom. The molecule has 0 aromatic heterocycles. The molecule has 5 heteroatoms. The highest BCUT2D eigenvalue weighted by Crippen LogP contribution is 2.56. The van der Waals surface area contributed by atoms with Gasteiger partial charge in [0.1, 0.15) is 5.17 Å². The molecule has 0 unspecified atom stereocenters. The molecular weight excluding hydrogens is 376 g/mol. The predicted octanol–water partition coefficient (Wildman–Crippen LogP) is 5.30. The van der Waals surface area contributed by atoms with E-state index < -0.39 is 0 Å². The number of nitrogens with zero attached hydrogens (tertiary/aromatic N) is 1. The molecule has 1 aromatic carbocycles. The van der Waals surface area contributed by atoms with Crippen molar-refractivity contribution in [1.29, 1.82) is 5.41 Å². The summed E-state index contributed by atoms with van der Waals surface area (Å²) in [5, 5.41) is 8.09. The lowest BCUT2D eigenvalue weighted by Crippen LogP contribution is -2.34. The summed E-state index contributed by atoms with van der Waals surface area (Å²) in [7, 11) is 1.80. The minimum atomic E-state index is 0.0422. The van der Waals surface area contributed by atoms with Crippen LogP contribution >= 0.6 is 27.5 Å². The molecule has 1 N–H and O–H groups in total. The van der Waals surface area contributed by atoms with Crippen molar-refractivity contribution < 1.29 is 4.74 Å². The van der Waals surface area contributed by atoms with Crippen molar-refractivity contribution in [3.8, 4) is 0 Å². The van der Waals surface area contributed by atoms with Crippen molar-refractivity contribution in [3.63, 3.8) is 0 Å². The quantitative estimate of drug-likeness (QED) is 0.691. The molecule has 1 aromatic rings. The maximum Gasteiger partial charge on any atom is 0.144 e. The van der Waals surface area contributed by atoms with E-state index in [0.29, 0.717) is 17.0 Å². The first-order valence-corrected chi connectivity index (χ1v) is 9.22. The monoisotopic (exact) mass is 396 g/mol. The summed E-state index contributed by atoms with van der Waals surface area (Å²) in [4.78, 5) is 4.78. The van der Waals surface area contributed by atoms with Crippen LogP contribution in [0.1, 0.15) is 49.8 Å². The normalized spacial score (nSPS) is 30.5. The van der Waals surface area contributed by atoms with Crippen molar-refractivity contribution >= 4 is 38.4 Å². The molecule has 2 aliphatic carbocycles. The number of nitrogens with one attached hydrogen (secondary N) is 1. The van der Waals surface area contributed by atoms with Crippen molar-refractivity contribution in [3.05, 3.63) is 33.8 Å². The van der Waals surface area contributed by atoms with Gasteiger partial charge in [0.2, 0.25) is 0 Å². The Labute approximate surface area is 151 Å². The first-order valence-electron chi connectivity index (χ1n) is 8.05. The van der Waals surface area contributed by atoms with Crippen LogP contribution in [0.4, 0.5) is 0 Å². The number of hydrogen-bond acceptors (Lipinski definition) is 3. The lowest BCUT2D eigenvalue weighted by molar-refractivity contribution is 0.0211. The molecule has 0 heterocycles. The molecule has 0 amide bonds. The third-order valence-corrected chi connectivity index (χ3v) is 6.21. The Hall–Kier alpha value is -0.710. The van der Waals surface area contributed by atoms with Crippen LogP contribution in [0.5, 0.6) is 0 Å². The topological polar surface area (TPSA) is 45.4 Å². The van der Waals surface area contributed by atoms with E-state index in [2.05, 4.69) is 34.1 Å². The van der Waals surface area contributed by atoms with E-state index in [4.69, 9.17) is 26.7 Å². The Morgan fingerprint density at radius 3 is 2.70 bits per heavy atom. The molecule has 2 aliphatic rings. The minimum absolute atomic E-state index is 0.0422. The average Bonchev–Trinajstić information content (AvgIpc) is 2.81. The number of methoxy groups -OCH3 is 1. The van der Waals surface area contributed by atoms with Crippen LogP contribution in [0.15, 0.2) is 27.7 Å². The predicted molar refractivity (Wildman–Crippen MR) is 99.0 cm³/mol. The van der Waals surface area contributed by atoms with Gasteiger partial charge in [0.05, 0.1) is 17.9 Å². The van der Waals surface area contributed by atoms with Gasteiger partial charge in [-0.3, -0.25) is 4.99 Å². The van der Waals surface area contributed by atoms with Gasteiger partial charge >= 0.3 is 0 Å². The molecule has 124 valence electrons. The lowest BCUT2D eigenvalue weighted by atomic mass is 9.68. The first-order chi connectivity index (χ1) is 10.9. The van der Waals surface area contributed by atoms with Crippen LogP contribution < -0.4 is 0 Å². The number of rotatable bonds is 3. The molecule has 0 aliphatic heterocycles. The number of hydrogen-bond donors (Lipinski definition) is 1. The number of fused-ring (bicyclic) bond motifs is 1. The zero-order chi connectivity index (χ0) is 16.6. The molecule has 1 saturated carbocycles. The smallest absolute Gasteiger partial charge is 0.144 e. The molecular formula is C18H22BrClN2O. The average molecular weight is 398 g/mol. The van der Waals surface area contributed by atoms with Gasteiger partial charge < -0.3 is 10.1 Å². The molecule has 0 radical (unpaired) electrons. The van der Waals surface area contributed by atoms with Crippen LogP contribution in [-0.2, 0) is 11.2 Å². The zero-order valence-corrected chi connectivity index (χ0v) is 15.9. The molecule has 1 fully saturated rings. The Bertz CT molecular complexity index is 650. The minimum Gasteiger partial charge on any atom is -0.381 e. The van der Waals surface area contributed by atoms with Gasteiger partial charge in [0.25, 0.3) is 0 Å². The van der Waals surface area contributed by atoms with Gasteiger partial charge in [0, 0.05) is 17.0 Å². The molecule has 3 nitrogen and oxygen atoms in total. The third kappa shape index (κ3) is 3.26. The van der Waals surface area contributed by atoms with Gasteiger partial charge in [-0.15, -0.1) is 0 Å². The standard InChI is InChI=1S/C18H22BrClN2O/c1-11(21)17(20)22-16-15-9-13(19)4-3-12(15)10-18(16)7-5-14(23-2)6-8-18/h3-4,9,14,16,21H,5-8,10H2,1-2H3/t14?,16-,18?/m1/s1. The number of ether oxygens (including phenoxy) is 1. The number of aliphatic imine (C=N–C) groups is 1. The molecule has 0 saturated heterocycles. The Morgan fingerprint density at radius 2 is 2.09 bits per heavy atom. The summed E-state index contributed by atoms with van der Waals surface area (Å²) in [5.41, 5.74) is 3.07. The number of benzene rings is 1.